The van der Waals surface area contributed by atoms with E-state index in [2.05, 4.69) is 19.0 Å². The molecular weight excluding hydrogens is 98.9 g/mol. The first-order chi connectivity index (χ1) is 3.27. The minimum atomic E-state index is 0. The second-order valence-electron chi connectivity index (χ2n) is 1.95. The van der Waals surface area contributed by atoms with E-state index in [-0.39, 0.29) is 8.41 Å². The third-order valence-corrected chi connectivity index (χ3v) is 0.809. The molecule has 0 saturated carbocycles. The summed E-state index contributed by atoms with van der Waals surface area (Å²) in [6, 6.07) is 0. The van der Waals surface area contributed by atoms with E-state index in [1.807, 2.05) is 0 Å². The molecule has 2 nitrogen and oxygen atoms in total. The number of hydrogen-bond donors (Lipinski definition) is 1. The summed E-state index contributed by atoms with van der Waals surface area (Å²) in [7, 11) is 4.10. The van der Waals surface area contributed by atoms with Crippen LogP contribution in [0.2, 0.25) is 0 Å². The van der Waals surface area contributed by atoms with Crippen LogP contribution in [-0.4, -0.2) is 40.5 Å². The number of hydrogen-bond acceptors (Lipinski definition) is 2. The van der Waals surface area contributed by atoms with E-state index in [9.17, 15) is 0 Å². The van der Waals surface area contributed by atoms with E-state index in [1.165, 1.54) is 0 Å². The van der Waals surface area contributed by atoms with Crippen LogP contribution < -0.4 is 5.73 Å². The molecule has 47 valence electrons. The van der Waals surface area contributed by atoms with Gasteiger partial charge >= 0.3 is 0 Å². The SMILES string of the molecule is CN(C)CCCN.[B]. The predicted octanol–water partition coefficient (Wildman–Crippen LogP) is -0.484. The summed E-state index contributed by atoms with van der Waals surface area (Å²) in [4.78, 5) is 2.13. The third-order valence-electron chi connectivity index (χ3n) is 0.809. The van der Waals surface area contributed by atoms with Crippen LogP contribution in [0.4, 0.5) is 0 Å². The van der Waals surface area contributed by atoms with Gasteiger partial charge < -0.3 is 10.6 Å². The summed E-state index contributed by atoms with van der Waals surface area (Å²) >= 11 is 0. The van der Waals surface area contributed by atoms with Gasteiger partial charge in [0.25, 0.3) is 0 Å². The van der Waals surface area contributed by atoms with Crippen molar-refractivity contribution >= 4 is 8.41 Å². The van der Waals surface area contributed by atoms with Gasteiger partial charge in [-0.25, -0.2) is 0 Å². The first-order valence-corrected chi connectivity index (χ1v) is 2.62. The molecule has 3 radical (unpaired) electrons. The highest BCUT2D eigenvalue weighted by atomic mass is 15.0. The lowest BCUT2D eigenvalue weighted by atomic mass is 10.4. The second-order valence-corrected chi connectivity index (χ2v) is 1.95. The van der Waals surface area contributed by atoms with Gasteiger partial charge in [-0.05, 0) is 33.6 Å². The molecule has 0 heterocycles. The Morgan fingerprint density at radius 1 is 1.38 bits per heavy atom. The van der Waals surface area contributed by atoms with E-state index >= 15 is 0 Å². The van der Waals surface area contributed by atoms with Crippen LogP contribution >= 0.6 is 0 Å². The molecule has 0 amide bonds. The van der Waals surface area contributed by atoms with Crippen molar-refractivity contribution in [1.29, 1.82) is 0 Å². The van der Waals surface area contributed by atoms with Gasteiger partial charge in [-0.3, -0.25) is 0 Å². The zero-order valence-corrected chi connectivity index (χ0v) is 5.72. The molecule has 8 heavy (non-hydrogen) atoms. The molecule has 0 aromatic rings. The Bertz CT molecular complexity index is 39.4. The van der Waals surface area contributed by atoms with Crippen molar-refractivity contribution in [1.82, 2.24) is 4.90 Å². The molecule has 0 aliphatic rings. The van der Waals surface area contributed by atoms with Gasteiger partial charge in [0.1, 0.15) is 0 Å². The van der Waals surface area contributed by atoms with Gasteiger partial charge in [0.05, 0.1) is 0 Å². The molecular formula is C5H14BN2. The summed E-state index contributed by atoms with van der Waals surface area (Å²) in [6.07, 6.45) is 1.10. The second kappa shape index (κ2) is 6.98. The molecule has 0 rings (SSSR count). The summed E-state index contributed by atoms with van der Waals surface area (Å²) in [5.74, 6) is 0. The molecule has 0 saturated heterocycles. The van der Waals surface area contributed by atoms with Gasteiger partial charge in [-0.1, -0.05) is 0 Å². The smallest absolute Gasteiger partial charge is 0 e. The Labute approximate surface area is 53.6 Å². The maximum atomic E-state index is 5.25. The average Bonchev–Trinajstić information content (AvgIpc) is 1.61. The quantitative estimate of drug-likeness (QED) is 0.500. The molecule has 0 spiro atoms. The van der Waals surface area contributed by atoms with E-state index < -0.39 is 0 Å². The first kappa shape index (κ1) is 10.9. The fourth-order valence-corrected chi connectivity index (χ4v) is 0.408. The lowest BCUT2D eigenvalue weighted by Crippen LogP contribution is -2.16. The molecule has 2 N–H and O–H groups in total. The van der Waals surface area contributed by atoms with Gasteiger partial charge in [-0.15, -0.1) is 0 Å². The molecule has 0 bridgehead atoms. The molecule has 0 aromatic heterocycles. The first-order valence-electron chi connectivity index (χ1n) is 2.62. The van der Waals surface area contributed by atoms with Crippen LogP contribution in [0.15, 0.2) is 0 Å². The van der Waals surface area contributed by atoms with Gasteiger partial charge in [0.2, 0.25) is 0 Å². The zero-order chi connectivity index (χ0) is 5.70. The van der Waals surface area contributed by atoms with E-state index in [4.69, 9.17) is 5.73 Å². The molecule has 3 heteroatoms. The molecule has 0 aliphatic carbocycles. The molecule has 0 aromatic carbocycles. The Morgan fingerprint density at radius 2 is 1.88 bits per heavy atom. The van der Waals surface area contributed by atoms with Crippen LogP contribution in [-0.2, 0) is 0 Å². The van der Waals surface area contributed by atoms with Crippen LogP contribution in [0, 0.1) is 0 Å². The number of nitrogens with two attached hydrogens (primary N) is 1. The highest BCUT2D eigenvalue weighted by Gasteiger charge is 1.83. The average molecular weight is 113 g/mol. The normalized spacial score (nSPS) is 9.00. The summed E-state index contributed by atoms with van der Waals surface area (Å²) in [6.45, 7) is 1.91. The predicted molar refractivity (Wildman–Crippen MR) is 38.0 cm³/mol. The Hall–Kier alpha value is -0.0151. The molecule has 0 fully saturated rings. The maximum Gasteiger partial charge on any atom is 0 e. The van der Waals surface area contributed by atoms with Gasteiger partial charge in [0.15, 0.2) is 0 Å². The van der Waals surface area contributed by atoms with Crippen molar-refractivity contribution in [3.63, 3.8) is 0 Å². The van der Waals surface area contributed by atoms with Crippen molar-refractivity contribution in [2.45, 2.75) is 6.42 Å². The van der Waals surface area contributed by atoms with Crippen LogP contribution in [0.1, 0.15) is 6.42 Å². The van der Waals surface area contributed by atoms with Gasteiger partial charge in [-0.2, -0.15) is 0 Å². The lowest BCUT2D eigenvalue weighted by molar-refractivity contribution is 0.403. The standard InChI is InChI=1S/C5H14N2.B/c1-7(2)5-3-4-6;/h3-6H2,1-2H3;. The van der Waals surface area contributed by atoms with E-state index in [0.717, 1.165) is 19.5 Å². The minimum Gasteiger partial charge on any atom is -0.330 e. The van der Waals surface area contributed by atoms with Crippen molar-refractivity contribution in [2.75, 3.05) is 27.2 Å². The zero-order valence-electron chi connectivity index (χ0n) is 5.72. The number of nitrogens with zero attached hydrogens (tertiary/aromatic N) is 1. The van der Waals surface area contributed by atoms with Crippen molar-refractivity contribution in [2.24, 2.45) is 5.73 Å². The minimum absolute atomic E-state index is 0. The van der Waals surface area contributed by atoms with Crippen molar-refractivity contribution in [3.8, 4) is 0 Å². The fraction of sp³-hybridized carbons (Fsp3) is 1.00. The number of rotatable bonds is 3. The molecule has 0 aliphatic heterocycles. The monoisotopic (exact) mass is 113 g/mol. The van der Waals surface area contributed by atoms with Crippen LogP contribution in [0.25, 0.3) is 0 Å². The summed E-state index contributed by atoms with van der Waals surface area (Å²) in [5, 5.41) is 0. The van der Waals surface area contributed by atoms with Crippen molar-refractivity contribution in [3.05, 3.63) is 0 Å². The summed E-state index contributed by atoms with van der Waals surface area (Å²) < 4.78 is 0. The van der Waals surface area contributed by atoms with Crippen LogP contribution in [0.3, 0.4) is 0 Å². The van der Waals surface area contributed by atoms with E-state index in [1.54, 1.807) is 0 Å². The fourth-order valence-electron chi connectivity index (χ4n) is 0.408. The van der Waals surface area contributed by atoms with Crippen molar-refractivity contribution < 1.29 is 0 Å². The molecule has 0 unspecified atom stereocenters. The largest absolute Gasteiger partial charge is 0.330 e. The van der Waals surface area contributed by atoms with Gasteiger partial charge in [0, 0.05) is 8.41 Å². The lowest BCUT2D eigenvalue weighted by Gasteiger charge is -2.05. The maximum absolute atomic E-state index is 5.25. The molecule has 0 atom stereocenters. The van der Waals surface area contributed by atoms with Crippen LogP contribution in [0.5, 0.6) is 0 Å². The van der Waals surface area contributed by atoms with E-state index in [0.29, 0.717) is 0 Å². The summed E-state index contributed by atoms with van der Waals surface area (Å²) in [5.41, 5.74) is 5.25. The Balaban J connectivity index is 0. The highest BCUT2D eigenvalue weighted by molar-refractivity contribution is 5.75. The third kappa shape index (κ3) is 9.37. The topological polar surface area (TPSA) is 29.3 Å². The highest BCUT2D eigenvalue weighted by Crippen LogP contribution is 1.76. The Kier molecular flexibility index (Phi) is 9.50. The Morgan fingerprint density at radius 3 is 2.00 bits per heavy atom.